The van der Waals surface area contributed by atoms with Crippen LogP contribution in [0, 0.1) is 0 Å². The van der Waals surface area contributed by atoms with Gasteiger partial charge in [0.2, 0.25) is 0 Å². The summed E-state index contributed by atoms with van der Waals surface area (Å²) in [4.78, 5) is 17.3. The van der Waals surface area contributed by atoms with Crippen molar-refractivity contribution in [3.63, 3.8) is 0 Å². The molecule has 0 radical (unpaired) electrons. The number of hydrogen-bond acceptors (Lipinski definition) is 3. The zero-order valence-corrected chi connectivity index (χ0v) is 13.6. The predicted molar refractivity (Wildman–Crippen MR) is 88.0 cm³/mol. The summed E-state index contributed by atoms with van der Waals surface area (Å²) in [6.07, 6.45) is 2.26. The van der Waals surface area contributed by atoms with Crippen LogP contribution in [0.2, 0.25) is 5.02 Å². The first kappa shape index (κ1) is 16.0. The number of hydrogen-bond donors (Lipinski definition) is 1. The Labute approximate surface area is 130 Å². The smallest absolute Gasteiger partial charge is 0.261 e. The van der Waals surface area contributed by atoms with Crippen molar-refractivity contribution >= 4 is 22.5 Å². The normalized spacial score (nSPS) is 12.8. The van der Waals surface area contributed by atoms with Crippen LogP contribution in [0.4, 0.5) is 0 Å². The van der Waals surface area contributed by atoms with E-state index in [1.807, 2.05) is 13.8 Å². The van der Waals surface area contributed by atoms with Gasteiger partial charge in [-0.1, -0.05) is 24.9 Å². The average Bonchev–Trinajstić information content (AvgIpc) is 2.48. The second-order valence-electron chi connectivity index (χ2n) is 5.21. The van der Waals surface area contributed by atoms with Gasteiger partial charge in [-0.2, -0.15) is 0 Å². The molecule has 5 heteroatoms. The van der Waals surface area contributed by atoms with Gasteiger partial charge in [0.15, 0.2) is 0 Å². The van der Waals surface area contributed by atoms with Crippen molar-refractivity contribution in [1.82, 2.24) is 14.9 Å². The Bertz CT molecular complexity index is 681. The summed E-state index contributed by atoms with van der Waals surface area (Å²) in [6, 6.07) is 5.31. The largest absolute Gasteiger partial charge is 0.308 e. The summed E-state index contributed by atoms with van der Waals surface area (Å²) in [5.74, 6) is 0.786. The molecule has 0 aliphatic carbocycles. The minimum Gasteiger partial charge on any atom is -0.308 e. The van der Waals surface area contributed by atoms with Gasteiger partial charge in [-0.15, -0.1) is 0 Å². The maximum absolute atomic E-state index is 12.6. The first-order valence-corrected chi connectivity index (χ1v) is 7.89. The van der Waals surface area contributed by atoms with Crippen molar-refractivity contribution in [2.75, 3.05) is 6.54 Å². The first-order valence-electron chi connectivity index (χ1n) is 7.51. The molecular formula is C16H22ClN3O. The highest BCUT2D eigenvalue weighted by Crippen LogP contribution is 2.17. The SMILES string of the molecule is CCCCNC(C)c1nc2ccc(Cl)cc2c(=O)n1CC. The van der Waals surface area contributed by atoms with Crippen molar-refractivity contribution in [2.45, 2.75) is 46.2 Å². The summed E-state index contributed by atoms with van der Waals surface area (Å²) in [6.45, 7) is 7.69. The molecule has 1 aromatic carbocycles. The van der Waals surface area contributed by atoms with E-state index in [9.17, 15) is 4.79 Å². The molecule has 2 rings (SSSR count). The second kappa shape index (κ2) is 7.05. The zero-order valence-electron chi connectivity index (χ0n) is 12.8. The van der Waals surface area contributed by atoms with Crippen LogP contribution in [0.1, 0.15) is 45.5 Å². The Morgan fingerprint density at radius 3 is 2.81 bits per heavy atom. The summed E-state index contributed by atoms with van der Waals surface area (Å²) in [5, 5.41) is 4.57. The number of nitrogens with one attached hydrogen (secondary N) is 1. The monoisotopic (exact) mass is 307 g/mol. The highest BCUT2D eigenvalue weighted by molar-refractivity contribution is 6.31. The Hall–Kier alpha value is -1.39. The predicted octanol–water partition coefficient (Wildman–Crippen LogP) is 3.52. The lowest BCUT2D eigenvalue weighted by Crippen LogP contribution is -2.31. The minimum absolute atomic E-state index is 0.0239. The van der Waals surface area contributed by atoms with Gasteiger partial charge in [0.25, 0.3) is 5.56 Å². The molecule has 1 heterocycles. The Morgan fingerprint density at radius 2 is 2.14 bits per heavy atom. The molecular weight excluding hydrogens is 286 g/mol. The third kappa shape index (κ3) is 3.44. The molecule has 0 bridgehead atoms. The number of aromatic nitrogens is 2. The molecule has 114 valence electrons. The average molecular weight is 308 g/mol. The van der Waals surface area contributed by atoms with Crippen molar-refractivity contribution in [1.29, 1.82) is 0 Å². The fourth-order valence-electron chi connectivity index (χ4n) is 2.43. The molecule has 21 heavy (non-hydrogen) atoms. The van der Waals surface area contributed by atoms with Crippen molar-refractivity contribution in [2.24, 2.45) is 0 Å². The van der Waals surface area contributed by atoms with E-state index in [1.54, 1.807) is 22.8 Å². The summed E-state index contributed by atoms with van der Waals surface area (Å²) >= 11 is 5.98. The molecule has 0 spiro atoms. The van der Waals surface area contributed by atoms with E-state index >= 15 is 0 Å². The number of nitrogens with zero attached hydrogens (tertiary/aromatic N) is 2. The lowest BCUT2D eigenvalue weighted by molar-refractivity contribution is 0.497. The number of unbranched alkanes of at least 4 members (excludes halogenated alkanes) is 1. The Morgan fingerprint density at radius 1 is 1.38 bits per heavy atom. The van der Waals surface area contributed by atoms with Gasteiger partial charge in [0.1, 0.15) is 5.82 Å². The maximum Gasteiger partial charge on any atom is 0.261 e. The van der Waals surface area contributed by atoms with Gasteiger partial charge in [0.05, 0.1) is 16.9 Å². The second-order valence-corrected chi connectivity index (χ2v) is 5.65. The highest BCUT2D eigenvalue weighted by atomic mass is 35.5. The van der Waals surface area contributed by atoms with E-state index in [1.165, 1.54) is 0 Å². The number of rotatable bonds is 6. The van der Waals surface area contributed by atoms with E-state index in [0.717, 1.165) is 25.2 Å². The molecule has 1 aromatic heterocycles. The Balaban J connectivity index is 2.48. The van der Waals surface area contributed by atoms with E-state index in [-0.39, 0.29) is 11.6 Å². The van der Waals surface area contributed by atoms with Crippen molar-refractivity contribution in [3.8, 4) is 0 Å². The lowest BCUT2D eigenvalue weighted by Gasteiger charge is -2.18. The first-order chi connectivity index (χ1) is 10.1. The molecule has 1 unspecified atom stereocenters. The minimum atomic E-state index is -0.0239. The number of halogens is 1. The van der Waals surface area contributed by atoms with Crippen LogP contribution in [0.25, 0.3) is 10.9 Å². The van der Waals surface area contributed by atoms with Crippen LogP contribution < -0.4 is 10.9 Å². The Kier molecular flexibility index (Phi) is 5.37. The van der Waals surface area contributed by atoms with Gasteiger partial charge in [-0.25, -0.2) is 4.98 Å². The lowest BCUT2D eigenvalue weighted by atomic mass is 10.2. The molecule has 4 nitrogen and oxygen atoms in total. The van der Waals surface area contributed by atoms with E-state index in [2.05, 4.69) is 17.2 Å². The van der Waals surface area contributed by atoms with E-state index in [4.69, 9.17) is 11.6 Å². The third-order valence-corrected chi connectivity index (χ3v) is 3.87. The van der Waals surface area contributed by atoms with Crippen LogP contribution in [0.15, 0.2) is 23.0 Å². The van der Waals surface area contributed by atoms with Gasteiger partial charge in [-0.05, 0) is 45.0 Å². The topological polar surface area (TPSA) is 46.9 Å². The summed E-state index contributed by atoms with van der Waals surface area (Å²) in [7, 11) is 0. The quantitative estimate of drug-likeness (QED) is 0.831. The van der Waals surface area contributed by atoms with Gasteiger partial charge < -0.3 is 5.32 Å². The molecule has 0 saturated heterocycles. The number of fused-ring (bicyclic) bond motifs is 1. The van der Waals surface area contributed by atoms with E-state index in [0.29, 0.717) is 22.5 Å². The van der Waals surface area contributed by atoms with Gasteiger partial charge in [-0.3, -0.25) is 9.36 Å². The van der Waals surface area contributed by atoms with Crippen LogP contribution >= 0.6 is 11.6 Å². The summed E-state index contributed by atoms with van der Waals surface area (Å²) < 4.78 is 1.72. The van der Waals surface area contributed by atoms with Crippen LogP contribution in [0.3, 0.4) is 0 Å². The molecule has 0 aliphatic heterocycles. The van der Waals surface area contributed by atoms with Crippen LogP contribution in [-0.2, 0) is 6.54 Å². The van der Waals surface area contributed by atoms with Crippen LogP contribution in [0.5, 0.6) is 0 Å². The fourth-order valence-corrected chi connectivity index (χ4v) is 2.61. The summed E-state index contributed by atoms with van der Waals surface area (Å²) in [5.41, 5.74) is 0.678. The molecule has 2 aromatic rings. The van der Waals surface area contributed by atoms with Gasteiger partial charge >= 0.3 is 0 Å². The van der Waals surface area contributed by atoms with Crippen LogP contribution in [-0.4, -0.2) is 16.1 Å². The molecule has 0 fully saturated rings. The van der Waals surface area contributed by atoms with Gasteiger partial charge in [0, 0.05) is 11.6 Å². The number of benzene rings is 1. The maximum atomic E-state index is 12.6. The fraction of sp³-hybridized carbons (Fsp3) is 0.500. The molecule has 1 N–H and O–H groups in total. The molecule has 1 atom stereocenters. The van der Waals surface area contributed by atoms with Crippen molar-refractivity contribution in [3.05, 3.63) is 39.4 Å². The molecule has 0 aliphatic rings. The zero-order chi connectivity index (χ0) is 15.4. The standard InChI is InChI=1S/C16H22ClN3O/c1-4-6-9-18-11(3)15-19-14-8-7-12(17)10-13(14)16(21)20(15)5-2/h7-8,10-11,18H,4-6,9H2,1-3H3. The van der Waals surface area contributed by atoms with Crippen molar-refractivity contribution < 1.29 is 0 Å². The highest BCUT2D eigenvalue weighted by Gasteiger charge is 2.15. The third-order valence-electron chi connectivity index (χ3n) is 3.63. The van der Waals surface area contributed by atoms with E-state index < -0.39 is 0 Å². The molecule has 0 amide bonds. The molecule has 0 saturated carbocycles.